The van der Waals surface area contributed by atoms with Crippen molar-refractivity contribution >= 4 is 29.0 Å². The molecule has 3 heterocycles. The third kappa shape index (κ3) is 4.41. The normalized spacial score (nSPS) is 10.6. The quantitative estimate of drug-likeness (QED) is 0.462. The minimum absolute atomic E-state index is 0.313. The molecule has 1 amide bonds. The molecular weight excluding hydrogens is 400 g/mol. The highest BCUT2D eigenvalue weighted by atomic mass is 32.1. The van der Waals surface area contributed by atoms with E-state index in [-0.39, 0.29) is 0 Å². The molecule has 0 saturated carbocycles. The van der Waals surface area contributed by atoms with Gasteiger partial charge in [0.05, 0.1) is 10.6 Å². The van der Waals surface area contributed by atoms with E-state index in [1.807, 2.05) is 30.3 Å². The molecule has 0 saturated heterocycles. The highest BCUT2D eigenvalue weighted by Crippen LogP contribution is 2.38. The minimum Gasteiger partial charge on any atom is -0.426 e. The van der Waals surface area contributed by atoms with Gasteiger partial charge in [-0.1, -0.05) is 48.6 Å². The van der Waals surface area contributed by atoms with Crippen molar-refractivity contribution in [3.05, 3.63) is 71.5 Å². The molecule has 9 heteroatoms. The number of amides is 1. The highest BCUT2D eigenvalue weighted by Gasteiger charge is 2.15. The Morgan fingerprint density at radius 2 is 1.93 bits per heavy atom. The zero-order chi connectivity index (χ0) is 20.9. The van der Waals surface area contributed by atoms with Crippen LogP contribution in [0.25, 0.3) is 11.3 Å². The number of hydrogen-bond acceptors (Lipinski definition) is 8. The number of hydrogen-bond donors (Lipinski definition) is 2. The van der Waals surface area contributed by atoms with Crippen LogP contribution in [0.2, 0.25) is 0 Å². The zero-order valence-electron chi connectivity index (χ0n) is 16.1. The molecule has 0 spiro atoms. The van der Waals surface area contributed by atoms with E-state index in [0.29, 0.717) is 28.3 Å². The Labute approximate surface area is 176 Å². The van der Waals surface area contributed by atoms with E-state index >= 15 is 0 Å². The lowest BCUT2D eigenvalue weighted by Gasteiger charge is -2.07. The van der Waals surface area contributed by atoms with Crippen LogP contribution in [0.4, 0.5) is 11.8 Å². The first kappa shape index (κ1) is 19.5. The van der Waals surface area contributed by atoms with Crippen molar-refractivity contribution in [2.45, 2.75) is 13.3 Å². The molecule has 30 heavy (non-hydrogen) atoms. The Hall–Kier alpha value is -3.85. The van der Waals surface area contributed by atoms with Gasteiger partial charge in [-0.2, -0.15) is 4.98 Å². The Balaban J connectivity index is 1.56. The predicted octanol–water partition coefficient (Wildman–Crippen LogP) is 4.19. The van der Waals surface area contributed by atoms with Crippen LogP contribution in [0.15, 0.2) is 60.9 Å². The molecule has 0 aliphatic rings. The van der Waals surface area contributed by atoms with E-state index in [9.17, 15) is 4.79 Å². The van der Waals surface area contributed by atoms with E-state index in [2.05, 4.69) is 27.2 Å². The third-order valence-corrected chi connectivity index (χ3v) is 5.18. The lowest BCUT2D eigenvalue weighted by Crippen LogP contribution is -2.11. The molecule has 4 rings (SSSR count). The molecule has 0 fully saturated rings. The fraction of sp³-hybridized carbons (Fsp3) is 0.0952. The molecule has 0 radical (unpaired) electrons. The summed E-state index contributed by atoms with van der Waals surface area (Å²) < 4.78 is 6.06. The number of thiazole rings is 1. The summed E-state index contributed by atoms with van der Waals surface area (Å²) in [5.41, 5.74) is 7.32. The Bertz CT molecular complexity index is 1160. The molecule has 3 N–H and O–H groups in total. The van der Waals surface area contributed by atoms with Crippen LogP contribution in [0, 0.1) is 0 Å². The summed E-state index contributed by atoms with van der Waals surface area (Å²) in [6.45, 7) is 2.06. The average molecular weight is 418 g/mol. The van der Waals surface area contributed by atoms with Gasteiger partial charge in [0.15, 0.2) is 0 Å². The summed E-state index contributed by atoms with van der Waals surface area (Å²) in [6, 6.07) is 14.8. The van der Waals surface area contributed by atoms with Crippen molar-refractivity contribution in [2.24, 2.45) is 5.73 Å². The average Bonchev–Trinajstić information content (AvgIpc) is 3.18. The summed E-state index contributed by atoms with van der Waals surface area (Å²) >= 11 is 1.49. The number of pyridine rings is 1. The maximum absolute atomic E-state index is 11.2. The van der Waals surface area contributed by atoms with Crippen LogP contribution in [0.5, 0.6) is 10.9 Å². The van der Waals surface area contributed by atoms with Gasteiger partial charge < -0.3 is 15.8 Å². The van der Waals surface area contributed by atoms with E-state index in [1.165, 1.54) is 17.5 Å². The fourth-order valence-corrected chi connectivity index (χ4v) is 3.51. The number of rotatable bonds is 7. The van der Waals surface area contributed by atoms with Crippen molar-refractivity contribution in [3.63, 3.8) is 0 Å². The van der Waals surface area contributed by atoms with Crippen LogP contribution in [-0.4, -0.2) is 25.8 Å². The van der Waals surface area contributed by atoms with E-state index < -0.39 is 5.91 Å². The van der Waals surface area contributed by atoms with Gasteiger partial charge in [-0.25, -0.2) is 15.0 Å². The summed E-state index contributed by atoms with van der Waals surface area (Å²) in [7, 11) is 0. The van der Waals surface area contributed by atoms with Crippen LogP contribution in [-0.2, 0) is 6.42 Å². The molecule has 0 bridgehead atoms. The molecule has 4 aromatic rings. The largest absolute Gasteiger partial charge is 0.426 e. The predicted molar refractivity (Wildman–Crippen MR) is 115 cm³/mol. The summed E-state index contributed by atoms with van der Waals surface area (Å²) in [5.74, 6) is 0.636. The number of benzene rings is 1. The maximum Gasteiger partial charge on any atom is 0.250 e. The van der Waals surface area contributed by atoms with E-state index in [0.717, 1.165) is 22.7 Å². The summed E-state index contributed by atoms with van der Waals surface area (Å²) in [4.78, 5) is 28.6. The molecule has 8 nitrogen and oxygen atoms in total. The monoisotopic (exact) mass is 418 g/mol. The number of carbonyl (C=O) groups excluding carboxylic acids is 1. The number of aromatic nitrogens is 4. The third-order valence-electron chi connectivity index (χ3n) is 4.11. The van der Waals surface area contributed by atoms with Crippen LogP contribution in [0.3, 0.4) is 0 Å². The second-order valence-electron chi connectivity index (χ2n) is 6.21. The van der Waals surface area contributed by atoms with E-state index in [1.54, 1.807) is 24.4 Å². The smallest absolute Gasteiger partial charge is 0.250 e. The minimum atomic E-state index is -0.536. The lowest BCUT2D eigenvalue weighted by molar-refractivity contribution is 0.1000. The number of ether oxygens (including phenoxy) is 1. The van der Waals surface area contributed by atoms with Crippen LogP contribution < -0.4 is 15.8 Å². The molecule has 150 valence electrons. The van der Waals surface area contributed by atoms with Crippen molar-refractivity contribution in [2.75, 3.05) is 5.32 Å². The van der Waals surface area contributed by atoms with E-state index in [4.69, 9.17) is 15.5 Å². The molecule has 0 atom stereocenters. The first-order valence-electron chi connectivity index (χ1n) is 9.21. The second-order valence-corrected chi connectivity index (χ2v) is 7.25. The van der Waals surface area contributed by atoms with Gasteiger partial charge in [-0.05, 0) is 18.6 Å². The second kappa shape index (κ2) is 8.66. The lowest BCUT2D eigenvalue weighted by atomic mass is 10.2. The van der Waals surface area contributed by atoms with Crippen molar-refractivity contribution in [1.29, 1.82) is 0 Å². The highest BCUT2D eigenvalue weighted by molar-refractivity contribution is 7.14. The number of carbonyl (C=O) groups is 1. The number of nitrogens with two attached hydrogens (primary N) is 1. The Morgan fingerprint density at radius 3 is 2.63 bits per heavy atom. The molecule has 3 aromatic heterocycles. The summed E-state index contributed by atoms with van der Waals surface area (Å²) in [6.07, 6.45) is 3.80. The molecular formula is C21H18N6O2S. The van der Waals surface area contributed by atoms with Crippen molar-refractivity contribution in [1.82, 2.24) is 19.9 Å². The van der Waals surface area contributed by atoms with Gasteiger partial charge in [0.1, 0.15) is 11.5 Å². The number of aryl methyl sites for hydroxylation is 1. The van der Waals surface area contributed by atoms with Gasteiger partial charge in [0.25, 0.3) is 0 Å². The standard InChI is InChI=1S/C21H18N6O2S/c1-2-17-27-18(13-6-4-3-5-7-13)20(30-17)29-16-10-11-23-21(26-16)25-15-9-8-14(12-24-15)19(22)28/h3-12H,2H2,1H3,(H2,22,28)(H,23,24,25,26). The van der Waals surface area contributed by atoms with Gasteiger partial charge >= 0.3 is 0 Å². The number of nitrogens with one attached hydrogen (secondary N) is 1. The van der Waals surface area contributed by atoms with Gasteiger partial charge in [0.2, 0.25) is 22.8 Å². The molecule has 1 aromatic carbocycles. The van der Waals surface area contributed by atoms with Gasteiger partial charge in [-0.15, -0.1) is 0 Å². The number of anilines is 2. The Morgan fingerprint density at radius 1 is 1.10 bits per heavy atom. The topological polar surface area (TPSA) is 116 Å². The zero-order valence-corrected chi connectivity index (χ0v) is 16.9. The molecule has 0 aliphatic heterocycles. The first-order chi connectivity index (χ1) is 14.6. The molecule has 0 aliphatic carbocycles. The van der Waals surface area contributed by atoms with Crippen molar-refractivity contribution < 1.29 is 9.53 Å². The van der Waals surface area contributed by atoms with Gasteiger partial charge in [0, 0.05) is 24.0 Å². The van der Waals surface area contributed by atoms with Crippen LogP contribution >= 0.6 is 11.3 Å². The number of nitrogens with zero attached hydrogens (tertiary/aromatic N) is 4. The van der Waals surface area contributed by atoms with Crippen LogP contribution in [0.1, 0.15) is 22.3 Å². The Kier molecular flexibility index (Phi) is 5.62. The SMILES string of the molecule is CCc1nc(-c2ccccc2)c(Oc2ccnc(Nc3ccc(C(N)=O)cn3)n2)s1. The fourth-order valence-electron chi connectivity index (χ4n) is 2.63. The number of primary amides is 1. The maximum atomic E-state index is 11.2. The van der Waals surface area contributed by atoms with Crippen molar-refractivity contribution in [3.8, 4) is 22.2 Å². The molecule has 0 unspecified atom stereocenters. The first-order valence-corrected chi connectivity index (χ1v) is 10.0. The summed E-state index contributed by atoms with van der Waals surface area (Å²) in [5, 5.41) is 4.64. The van der Waals surface area contributed by atoms with Gasteiger partial charge in [-0.3, -0.25) is 4.79 Å².